The molecule has 1 atom stereocenters. The number of nitrogens with zero attached hydrogens (tertiary/aromatic N) is 2. The van der Waals surface area contributed by atoms with Crippen LogP contribution in [0.2, 0.25) is 0 Å². The Hall–Kier alpha value is -3.67. The molecule has 3 rings (SSSR count). The van der Waals surface area contributed by atoms with E-state index in [1.165, 1.54) is 0 Å². The summed E-state index contributed by atoms with van der Waals surface area (Å²) in [4.78, 5) is 32.6. The smallest absolute Gasteiger partial charge is 0.408 e. The molecule has 0 bridgehead atoms. The summed E-state index contributed by atoms with van der Waals surface area (Å²) in [6, 6.07) is 18.2. The molecule has 6 heteroatoms. The Balaban J connectivity index is 1.96. The van der Waals surface area contributed by atoms with Crippen LogP contribution in [0.1, 0.15) is 49.1 Å². The van der Waals surface area contributed by atoms with Gasteiger partial charge in [0.1, 0.15) is 11.6 Å². The summed E-state index contributed by atoms with van der Waals surface area (Å²) in [5.74, 6) is -0.232. The van der Waals surface area contributed by atoms with Gasteiger partial charge in [-0.3, -0.25) is 9.78 Å². The van der Waals surface area contributed by atoms with Crippen LogP contribution in [0.3, 0.4) is 0 Å². The number of pyridine rings is 1. The van der Waals surface area contributed by atoms with E-state index < -0.39 is 17.7 Å². The zero-order chi connectivity index (χ0) is 24.7. The highest BCUT2D eigenvalue weighted by Crippen LogP contribution is 2.25. The molecule has 0 fully saturated rings. The molecule has 0 radical (unpaired) electrons. The molecule has 0 aliphatic heterocycles. The first-order valence-electron chi connectivity index (χ1n) is 11.5. The van der Waals surface area contributed by atoms with E-state index in [0.29, 0.717) is 18.5 Å². The lowest BCUT2D eigenvalue weighted by molar-refractivity contribution is -0.120. The van der Waals surface area contributed by atoms with Crippen molar-refractivity contribution in [3.8, 4) is 0 Å². The highest BCUT2D eigenvalue weighted by Gasteiger charge is 2.30. The van der Waals surface area contributed by atoms with Crippen molar-refractivity contribution in [3.63, 3.8) is 0 Å². The molecule has 34 heavy (non-hydrogen) atoms. The highest BCUT2D eigenvalue weighted by atomic mass is 16.6. The first-order valence-corrected chi connectivity index (χ1v) is 11.5. The molecule has 1 aromatic heterocycles. The molecule has 6 nitrogen and oxygen atoms in total. The standard InChI is InChI=1S/C28H33N3O3/c1-20-13-14-24(18-21(20)2)31(17-15-22-10-9-16-29-19-22)26(32)25(23-11-7-6-8-12-23)30-27(33)34-28(3,4)5/h6-14,16,18-19,25H,15,17H2,1-5H3,(H,30,33). The number of carbonyl (C=O) groups excluding carboxylic acids is 2. The minimum atomic E-state index is -0.897. The molecule has 178 valence electrons. The number of anilines is 1. The Bertz CT molecular complexity index is 1110. The SMILES string of the molecule is Cc1ccc(N(CCc2cccnc2)C(=O)C(NC(=O)OC(C)(C)C)c2ccccc2)cc1C. The van der Waals surface area contributed by atoms with Crippen molar-refractivity contribution in [2.75, 3.05) is 11.4 Å². The van der Waals surface area contributed by atoms with Gasteiger partial charge in [0.2, 0.25) is 0 Å². The fourth-order valence-corrected chi connectivity index (χ4v) is 3.56. The Morgan fingerprint density at radius 2 is 1.74 bits per heavy atom. The van der Waals surface area contributed by atoms with Gasteiger partial charge in [-0.25, -0.2) is 4.79 Å². The zero-order valence-electron chi connectivity index (χ0n) is 20.5. The topological polar surface area (TPSA) is 71.5 Å². The van der Waals surface area contributed by atoms with Crippen molar-refractivity contribution >= 4 is 17.7 Å². The number of nitrogens with one attached hydrogen (secondary N) is 1. The van der Waals surface area contributed by atoms with Crippen molar-refractivity contribution in [1.29, 1.82) is 0 Å². The van der Waals surface area contributed by atoms with Crippen LogP contribution in [0, 0.1) is 13.8 Å². The van der Waals surface area contributed by atoms with Crippen LogP contribution in [0.4, 0.5) is 10.5 Å². The lowest BCUT2D eigenvalue weighted by Crippen LogP contribution is -2.45. The van der Waals surface area contributed by atoms with Crippen molar-refractivity contribution in [3.05, 3.63) is 95.3 Å². The predicted octanol–water partition coefficient (Wildman–Crippen LogP) is 5.54. The first-order chi connectivity index (χ1) is 16.1. The third-order valence-electron chi connectivity index (χ3n) is 5.46. The van der Waals surface area contributed by atoms with Gasteiger partial charge in [0, 0.05) is 24.6 Å². The van der Waals surface area contributed by atoms with E-state index in [-0.39, 0.29) is 5.91 Å². The second kappa shape index (κ2) is 11.0. The molecular formula is C28H33N3O3. The number of benzene rings is 2. The van der Waals surface area contributed by atoms with Crippen LogP contribution in [0.25, 0.3) is 0 Å². The molecule has 0 spiro atoms. The molecule has 3 aromatic rings. The third kappa shape index (κ3) is 6.91. The average molecular weight is 460 g/mol. The lowest BCUT2D eigenvalue weighted by atomic mass is 10.0. The first kappa shape index (κ1) is 25.0. The van der Waals surface area contributed by atoms with Gasteiger partial charge in [-0.05, 0) is 81.5 Å². The minimum absolute atomic E-state index is 0.232. The molecule has 0 saturated heterocycles. The molecule has 0 aliphatic carbocycles. The Labute approximate surface area is 202 Å². The summed E-state index contributed by atoms with van der Waals surface area (Å²) >= 11 is 0. The second-order valence-electron chi connectivity index (χ2n) is 9.36. The number of ether oxygens (including phenoxy) is 1. The summed E-state index contributed by atoms with van der Waals surface area (Å²) in [7, 11) is 0. The van der Waals surface area contributed by atoms with Crippen LogP contribution in [0.15, 0.2) is 73.1 Å². The molecular weight excluding hydrogens is 426 g/mol. The van der Waals surface area contributed by atoms with Crippen LogP contribution in [-0.2, 0) is 16.0 Å². The summed E-state index contributed by atoms with van der Waals surface area (Å²) < 4.78 is 5.46. The van der Waals surface area contributed by atoms with Gasteiger partial charge in [0.25, 0.3) is 5.91 Å². The van der Waals surface area contributed by atoms with Gasteiger partial charge < -0.3 is 15.0 Å². The Kier molecular flexibility index (Phi) is 8.05. The average Bonchev–Trinajstić information content (AvgIpc) is 2.80. The van der Waals surface area contributed by atoms with Crippen molar-refractivity contribution in [1.82, 2.24) is 10.3 Å². The lowest BCUT2D eigenvalue weighted by Gasteiger charge is -2.29. The summed E-state index contributed by atoms with van der Waals surface area (Å²) in [6.45, 7) is 9.88. The second-order valence-corrected chi connectivity index (χ2v) is 9.36. The van der Waals surface area contributed by atoms with Crippen LogP contribution < -0.4 is 10.2 Å². The van der Waals surface area contributed by atoms with E-state index in [1.807, 2.05) is 74.5 Å². The maximum Gasteiger partial charge on any atom is 0.408 e. The van der Waals surface area contributed by atoms with Gasteiger partial charge in [-0.15, -0.1) is 0 Å². The minimum Gasteiger partial charge on any atom is -0.444 e. The monoisotopic (exact) mass is 459 g/mol. The van der Waals surface area contributed by atoms with Gasteiger partial charge >= 0.3 is 6.09 Å². The summed E-state index contributed by atoms with van der Waals surface area (Å²) in [6.07, 6.45) is 3.52. The van der Waals surface area contributed by atoms with Crippen molar-refractivity contribution < 1.29 is 14.3 Å². The fraction of sp³-hybridized carbons (Fsp3) is 0.321. The number of aromatic nitrogens is 1. The van der Waals surface area contributed by atoms with E-state index in [1.54, 1.807) is 38.1 Å². The van der Waals surface area contributed by atoms with E-state index in [9.17, 15) is 9.59 Å². The molecule has 2 aromatic carbocycles. The molecule has 1 heterocycles. The molecule has 2 amide bonds. The number of alkyl carbamates (subject to hydrolysis) is 1. The predicted molar refractivity (Wildman–Crippen MR) is 135 cm³/mol. The Morgan fingerprint density at radius 1 is 1.00 bits per heavy atom. The van der Waals surface area contributed by atoms with Crippen LogP contribution >= 0.6 is 0 Å². The van der Waals surface area contributed by atoms with E-state index in [0.717, 1.165) is 22.4 Å². The summed E-state index contributed by atoms with van der Waals surface area (Å²) in [5.41, 5.74) is 4.06. The van der Waals surface area contributed by atoms with Gasteiger partial charge in [0.05, 0.1) is 0 Å². The van der Waals surface area contributed by atoms with Gasteiger partial charge in [-0.1, -0.05) is 42.5 Å². The van der Waals surface area contributed by atoms with Crippen LogP contribution in [-0.4, -0.2) is 29.1 Å². The van der Waals surface area contributed by atoms with Crippen molar-refractivity contribution in [2.24, 2.45) is 0 Å². The molecule has 1 N–H and O–H groups in total. The molecule has 1 unspecified atom stereocenters. The summed E-state index contributed by atoms with van der Waals surface area (Å²) in [5, 5.41) is 2.80. The maximum atomic E-state index is 14.0. The van der Waals surface area contributed by atoms with Gasteiger partial charge in [0.15, 0.2) is 0 Å². The fourth-order valence-electron chi connectivity index (χ4n) is 3.56. The number of hydrogen-bond donors (Lipinski definition) is 1. The van der Waals surface area contributed by atoms with E-state index in [4.69, 9.17) is 4.74 Å². The quantitative estimate of drug-likeness (QED) is 0.504. The third-order valence-corrected chi connectivity index (χ3v) is 5.46. The normalized spacial score (nSPS) is 12.0. The number of carbonyl (C=O) groups is 2. The van der Waals surface area contributed by atoms with E-state index in [2.05, 4.69) is 10.3 Å². The number of hydrogen-bond acceptors (Lipinski definition) is 4. The van der Waals surface area contributed by atoms with Gasteiger partial charge in [-0.2, -0.15) is 0 Å². The van der Waals surface area contributed by atoms with Crippen molar-refractivity contribution in [2.45, 2.75) is 52.7 Å². The molecule has 0 saturated carbocycles. The van der Waals surface area contributed by atoms with Crippen LogP contribution in [0.5, 0.6) is 0 Å². The number of rotatable bonds is 7. The molecule has 0 aliphatic rings. The Morgan fingerprint density at radius 3 is 2.35 bits per heavy atom. The number of aryl methyl sites for hydroxylation is 2. The zero-order valence-corrected chi connectivity index (χ0v) is 20.5. The number of amides is 2. The largest absolute Gasteiger partial charge is 0.444 e. The highest BCUT2D eigenvalue weighted by molar-refractivity contribution is 5.99. The van der Waals surface area contributed by atoms with E-state index >= 15 is 0 Å². The maximum absolute atomic E-state index is 14.0.